The molecule has 84 valence electrons. The number of halogens is 1. The minimum Gasteiger partial charge on any atom is -0.335 e. The highest BCUT2D eigenvalue weighted by Gasteiger charge is 2.36. The number of aryl methyl sites for hydroxylation is 1. The fraction of sp³-hybridized carbons (Fsp3) is 0.250. The van der Waals surface area contributed by atoms with E-state index < -0.39 is 5.67 Å². The number of nitrogens with two attached hydrogens (primary N) is 1. The molecule has 16 heavy (non-hydrogen) atoms. The van der Waals surface area contributed by atoms with Crippen LogP contribution in [0.3, 0.4) is 0 Å². The summed E-state index contributed by atoms with van der Waals surface area (Å²) in [7, 11) is 1.76. The van der Waals surface area contributed by atoms with Crippen molar-refractivity contribution in [3.8, 4) is 0 Å². The normalized spacial score (nSPS) is 14.7. The Hall–Kier alpha value is -1.68. The molecule has 2 rings (SSSR count). The number of alkyl halides is 1. The van der Waals surface area contributed by atoms with E-state index in [1.54, 1.807) is 48.3 Å². The molecule has 0 fully saturated rings. The molecular formula is C12H14FN3. The van der Waals surface area contributed by atoms with Crippen LogP contribution in [0.5, 0.6) is 0 Å². The fourth-order valence-corrected chi connectivity index (χ4v) is 1.79. The Bertz CT molecular complexity index is 466. The minimum atomic E-state index is -1.72. The van der Waals surface area contributed by atoms with Crippen molar-refractivity contribution in [3.05, 3.63) is 54.1 Å². The van der Waals surface area contributed by atoms with Crippen LogP contribution in [0.15, 0.2) is 42.7 Å². The van der Waals surface area contributed by atoms with Gasteiger partial charge in [0.2, 0.25) is 5.67 Å². The third-order valence-corrected chi connectivity index (χ3v) is 2.69. The van der Waals surface area contributed by atoms with Gasteiger partial charge in [-0.05, 0) is 5.56 Å². The van der Waals surface area contributed by atoms with Gasteiger partial charge in [0.1, 0.15) is 0 Å². The first-order valence-corrected chi connectivity index (χ1v) is 5.11. The number of rotatable bonds is 3. The van der Waals surface area contributed by atoms with Crippen molar-refractivity contribution in [1.29, 1.82) is 0 Å². The van der Waals surface area contributed by atoms with Gasteiger partial charge in [-0.2, -0.15) is 0 Å². The summed E-state index contributed by atoms with van der Waals surface area (Å²) in [6, 6.07) is 8.88. The predicted octanol–water partition coefficient (Wildman–Crippen LogP) is 1.59. The molecule has 1 atom stereocenters. The molecule has 0 aliphatic heterocycles. The molecule has 0 radical (unpaired) electrons. The molecule has 0 saturated carbocycles. The lowest BCUT2D eigenvalue weighted by Crippen LogP contribution is -2.34. The van der Waals surface area contributed by atoms with Gasteiger partial charge in [0.25, 0.3) is 0 Å². The lowest BCUT2D eigenvalue weighted by Gasteiger charge is -2.23. The van der Waals surface area contributed by atoms with E-state index in [2.05, 4.69) is 4.98 Å². The SMILES string of the molecule is Cn1ccnc1C(F)(CN)c1ccccc1. The summed E-state index contributed by atoms with van der Waals surface area (Å²) in [4.78, 5) is 4.04. The molecule has 1 unspecified atom stereocenters. The molecule has 4 heteroatoms. The Kier molecular flexibility index (Phi) is 2.75. The Balaban J connectivity index is 2.53. The van der Waals surface area contributed by atoms with Gasteiger partial charge in [-0.15, -0.1) is 0 Å². The van der Waals surface area contributed by atoms with Crippen molar-refractivity contribution in [1.82, 2.24) is 9.55 Å². The molecule has 3 nitrogen and oxygen atoms in total. The molecule has 0 saturated heterocycles. The summed E-state index contributed by atoms with van der Waals surface area (Å²) >= 11 is 0. The van der Waals surface area contributed by atoms with Crippen LogP contribution in [-0.2, 0) is 12.7 Å². The fourth-order valence-electron chi connectivity index (χ4n) is 1.79. The first kappa shape index (κ1) is 10.8. The highest BCUT2D eigenvalue weighted by Crippen LogP contribution is 2.31. The van der Waals surface area contributed by atoms with Crippen molar-refractivity contribution in [2.45, 2.75) is 5.67 Å². The molecule has 0 amide bonds. The van der Waals surface area contributed by atoms with Crippen LogP contribution in [0.4, 0.5) is 4.39 Å². The number of hydrogen-bond donors (Lipinski definition) is 1. The van der Waals surface area contributed by atoms with E-state index in [0.717, 1.165) is 0 Å². The maximum atomic E-state index is 14.9. The van der Waals surface area contributed by atoms with E-state index in [0.29, 0.717) is 11.4 Å². The van der Waals surface area contributed by atoms with E-state index >= 15 is 0 Å². The zero-order chi connectivity index (χ0) is 11.6. The van der Waals surface area contributed by atoms with Crippen LogP contribution < -0.4 is 5.73 Å². The number of benzene rings is 1. The summed E-state index contributed by atoms with van der Waals surface area (Å²) in [6.07, 6.45) is 3.28. The number of aromatic nitrogens is 2. The Labute approximate surface area is 93.7 Å². The van der Waals surface area contributed by atoms with Crippen molar-refractivity contribution in [2.75, 3.05) is 6.54 Å². The van der Waals surface area contributed by atoms with Crippen molar-refractivity contribution < 1.29 is 4.39 Å². The standard InChI is InChI=1S/C12H14FN3/c1-16-8-7-15-11(16)12(13,9-14)10-5-3-2-4-6-10/h2-8H,9,14H2,1H3. The van der Waals surface area contributed by atoms with Crippen molar-refractivity contribution >= 4 is 0 Å². The number of imidazole rings is 1. The van der Waals surface area contributed by atoms with Crippen molar-refractivity contribution in [3.63, 3.8) is 0 Å². The zero-order valence-electron chi connectivity index (χ0n) is 9.10. The van der Waals surface area contributed by atoms with Gasteiger partial charge in [0, 0.05) is 26.0 Å². The molecule has 2 N–H and O–H groups in total. The van der Waals surface area contributed by atoms with Crippen molar-refractivity contribution in [2.24, 2.45) is 12.8 Å². The second kappa shape index (κ2) is 4.06. The molecule has 1 aromatic carbocycles. The molecule has 1 aromatic heterocycles. The van der Waals surface area contributed by atoms with Gasteiger partial charge in [-0.1, -0.05) is 30.3 Å². The smallest absolute Gasteiger partial charge is 0.205 e. The molecule has 0 bridgehead atoms. The summed E-state index contributed by atoms with van der Waals surface area (Å²) in [5.41, 5.74) is 4.38. The number of hydrogen-bond acceptors (Lipinski definition) is 2. The maximum Gasteiger partial charge on any atom is 0.205 e. The third kappa shape index (κ3) is 1.61. The second-order valence-corrected chi connectivity index (χ2v) is 3.73. The van der Waals surface area contributed by atoms with Crippen LogP contribution in [0, 0.1) is 0 Å². The largest absolute Gasteiger partial charge is 0.335 e. The second-order valence-electron chi connectivity index (χ2n) is 3.73. The van der Waals surface area contributed by atoms with Gasteiger partial charge in [-0.3, -0.25) is 0 Å². The van der Waals surface area contributed by atoms with Crippen LogP contribution >= 0.6 is 0 Å². The van der Waals surface area contributed by atoms with Crippen LogP contribution in [0.2, 0.25) is 0 Å². The molecule has 2 aromatic rings. The quantitative estimate of drug-likeness (QED) is 0.852. The summed E-state index contributed by atoms with van der Waals surface area (Å²) in [5, 5.41) is 0. The molecule has 1 heterocycles. The molecular weight excluding hydrogens is 205 g/mol. The minimum absolute atomic E-state index is 0.123. The van der Waals surface area contributed by atoms with Crippen LogP contribution in [0.25, 0.3) is 0 Å². The van der Waals surface area contributed by atoms with Crippen LogP contribution in [-0.4, -0.2) is 16.1 Å². The molecule has 0 aliphatic rings. The third-order valence-electron chi connectivity index (χ3n) is 2.69. The van der Waals surface area contributed by atoms with E-state index in [1.807, 2.05) is 6.07 Å². The Morgan fingerprint density at radius 2 is 2.06 bits per heavy atom. The first-order chi connectivity index (χ1) is 7.68. The zero-order valence-corrected chi connectivity index (χ0v) is 9.10. The first-order valence-electron chi connectivity index (χ1n) is 5.11. The lowest BCUT2D eigenvalue weighted by atomic mass is 9.95. The van der Waals surface area contributed by atoms with E-state index in [1.165, 1.54) is 0 Å². The Morgan fingerprint density at radius 3 is 2.56 bits per heavy atom. The Morgan fingerprint density at radius 1 is 1.38 bits per heavy atom. The van der Waals surface area contributed by atoms with Gasteiger partial charge < -0.3 is 10.3 Å². The average Bonchev–Trinajstić information content (AvgIpc) is 2.76. The summed E-state index contributed by atoms with van der Waals surface area (Å²) < 4.78 is 16.5. The lowest BCUT2D eigenvalue weighted by molar-refractivity contribution is 0.213. The maximum absolute atomic E-state index is 14.9. The summed E-state index contributed by atoms with van der Waals surface area (Å²) in [6.45, 7) is -0.123. The predicted molar refractivity (Wildman–Crippen MR) is 60.6 cm³/mol. The average molecular weight is 219 g/mol. The van der Waals surface area contributed by atoms with Crippen LogP contribution in [0.1, 0.15) is 11.4 Å². The molecule has 0 aliphatic carbocycles. The summed E-state index contributed by atoms with van der Waals surface area (Å²) in [5.74, 6) is 0.334. The molecule has 0 spiro atoms. The van der Waals surface area contributed by atoms with E-state index in [4.69, 9.17) is 5.73 Å². The van der Waals surface area contributed by atoms with Gasteiger partial charge in [0.05, 0.1) is 0 Å². The van der Waals surface area contributed by atoms with Gasteiger partial charge in [-0.25, -0.2) is 9.37 Å². The highest BCUT2D eigenvalue weighted by molar-refractivity contribution is 5.30. The number of nitrogens with zero attached hydrogens (tertiary/aromatic N) is 2. The van der Waals surface area contributed by atoms with E-state index in [9.17, 15) is 4.39 Å². The monoisotopic (exact) mass is 219 g/mol. The van der Waals surface area contributed by atoms with Gasteiger partial charge in [0.15, 0.2) is 5.82 Å². The topological polar surface area (TPSA) is 43.8 Å². The van der Waals surface area contributed by atoms with E-state index in [-0.39, 0.29) is 6.54 Å². The highest BCUT2D eigenvalue weighted by atomic mass is 19.1. The van der Waals surface area contributed by atoms with Gasteiger partial charge >= 0.3 is 0 Å².